The van der Waals surface area contributed by atoms with Gasteiger partial charge in [0.15, 0.2) is 5.75 Å². The topological polar surface area (TPSA) is 41.6 Å². The molecule has 2 aromatic carbocycles. The molecule has 0 aliphatic heterocycles. The van der Waals surface area contributed by atoms with E-state index in [2.05, 4.69) is 12.2 Å². The Morgan fingerprint density at radius 2 is 1.83 bits per heavy atom. The van der Waals surface area contributed by atoms with E-state index >= 15 is 0 Å². The summed E-state index contributed by atoms with van der Waals surface area (Å²) in [6, 6.07) is 17.1. The smallest absolute Gasteiger partial charge is 0.321 e. The molecular weight excluding hydrogens is 300 g/mol. The van der Waals surface area contributed by atoms with Crippen molar-refractivity contribution in [3.63, 3.8) is 0 Å². The second kappa shape index (κ2) is 7.86. The van der Waals surface area contributed by atoms with Gasteiger partial charge >= 0.3 is 6.03 Å². The highest BCUT2D eigenvalue weighted by Crippen LogP contribution is 2.31. The van der Waals surface area contributed by atoms with Crippen LogP contribution in [0.4, 0.5) is 10.5 Å². The number of nitrogens with one attached hydrogen (secondary N) is 1. The third-order valence-corrected chi connectivity index (χ3v) is 4.06. The summed E-state index contributed by atoms with van der Waals surface area (Å²) in [6.07, 6.45) is 3.44. The number of nitrogens with zero attached hydrogens (tertiary/aromatic N) is 1. The van der Waals surface area contributed by atoms with E-state index in [1.54, 1.807) is 0 Å². The van der Waals surface area contributed by atoms with Crippen LogP contribution in [0.3, 0.4) is 0 Å². The number of para-hydroxylation sites is 3. The van der Waals surface area contributed by atoms with E-state index in [9.17, 15) is 4.79 Å². The summed E-state index contributed by atoms with van der Waals surface area (Å²) in [5, 5.41) is 3.01. The van der Waals surface area contributed by atoms with Gasteiger partial charge in [-0.15, -0.1) is 0 Å². The molecule has 24 heavy (non-hydrogen) atoms. The molecule has 1 aliphatic rings. The standard InChI is InChI=1S/C20H24N2O2/c1-2-14-22(15-16-12-13-16)20(23)21-18-10-6-7-11-19(18)24-17-8-4-3-5-9-17/h3-11,16H,2,12-15H2,1H3,(H,21,23). The lowest BCUT2D eigenvalue weighted by Crippen LogP contribution is -2.37. The predicted molar refractivity (Wildman–Crippen MR) is 96.6 cm³/mol. The summed E-state index contributed by atoms with van der Waals surface area (Å²) in [5.74, 6) is 2.08. The van der Waals surface area contributed by atoms with Gasteiger partial charge in [-0.05, 0) is 49.4 Å². The Hall–Kier alpha value is -2.49. The van der Waals surface area contributed by atoms with Crippen molar-refractivity contribution in [2.45, 2.75) is 26.2 Å². The number of carbonyl (C=O) groups excluding carboxylic acids is 1. The highest BCUT2D eigenvalue weighted by molar-refractivity contribution is 5.91. The van der Waals surface area contributed by atoms with Crippen LogP contribution >= 0.6 is 0 Å². The van der Waals surface area contributed by atoms with Crippen LogP contribution in [0.1, 0.15) is 26.2 Å². The van der Waals surface area contributed by atoms with Crippen LogP contribution in [0.25, 0.3) is 0 Å². The lowest BCUT2D eigenvalue weighted by atomic mass is 10.3. The predicted octanol–water partition coefficient (Wildman–Crippen LogP) is 5.13. The molecule has 1 fully saturated rings. The molecule has 0 unspecified atom stereocenters. The van der Waals surface area contributed by atoms with Crippen molar-refractivity contribution < 1.29 is 9.53 Å². The van der Waals surface area contributed by atoms with E-state index < -0.39 is 0 Å². The monoisotopic (exact) mass is 324 g/mol. The molecule has 0 heterocycles. The Morgan fingerprint density at radius 1 is 1.12 bits per heavy atom. The number of hydrogen-bond acceptors (Lipinski definition) is 2. The van der Waals surface area contributed by atoms with Crippen molar-refractivity contribution in [3.8, 4) is 11.5 Å². The first-order chi connectivity index (χ1) is 11.8. The van der Waals surface area contributed by atoms with E-state index in [1.165, 1.54) is 12.8 Å². The van der Waals surface area contributed by atoms with Gasteiger partial charge < -0.3 is 15.0 Å². The second-order valence-electron chi connectivity index (χ2n) is 6.23. The molecule has 2 amide bonds. The van der Waals surface area contributed by atoms with Crippen molar-refractivity contribution >= 4 is 11.7 Å². The fourth-order valence-electron chi connectivity index (χ4n) is 2.63. The maximum atomic E-state index is 12.6. The minimum absolute atomic E-state index is 0.0483. The number of rotatable bonds is 7. The fourth-order valence-corrected chi connectivity index (χ4v) is 2.63. The van der Waals surface area contributed by atoms with E-state index in [-0.39, 0.29) is 6.03 Å². The van der Waals surface area contributed by atoms with Gasteiger partial charge in [-0.25, -0.2) is 4.79 Å². The number of carbonyl (C=O) groups is 1. The first kappa shape index (κ1) is 16.4. The maximum Gasteiger partial charge on any atom is 0.321 e. The van der Waals surface area contributed by atoms with Gasteiger partial charge in [-0.1, -0.05) is 37.3 Å². The normalized spacial score (nSPS) is 13.4. The zero-order chi connectivity index (χ0) is 16.8. The van der Waals surface area contributed by atoms with Crippen LogP contribution in [0, 0.1) is 5.92 Å². The molecule has 0 bridgehead atoms. The summed E-state index contributed by atoms with van der Waals surface area (Å²) in [5.41, 5.74) is 0.697. The maximum absolute atomic E-state index is 12.6. The molecule has 4 heteroatoms. The van der Waals surface area contributed by atoms with Crippen molar-refractivity contribution in [2.75, 3.05) is 18.4 Å². The molecule has 0 saturated heterocycles. The average molecular weight is 324 g/mol. The van der Waals surface area contributed by atoms with Gasteiger partial charge in [0.1, 0.15) is 5.75 Å². The number of amides is 2. The summed E-state index contributed by atoms with van der Waals surface area (Å²) < 4.78 is 5.91. The first-order valence-electron chi connectivity index (χ1n) is 8.64. The van der Waals surface area contributed by atoms with Gasteiger partial charge in [0.25, 0.3) is 0 Å². The van der Waals surface area contributed by atoms with E-state index in [0.717, 1.165) is 25.3 Å². The summed E-state index contributed by atoms with van der Waals surface area (Å²) in [7, 11) is 0. The summed E-state index contributed by atoms with van der Waals surface area (Å²) in [4.78, 5) is 14.5. The van der Waals surface area contributed by atoms with Crippen LogP contribution in [0.5, 0.6) is 11.5 Å². The SMILES string of the molecule is CCCN(CC1CC1)C(=O)Nc1ccccc1Oc1ccccc1. The van der Waals surface area contributed by atoms with E-state index in [1.807, 2.05) is 59.5 Å². The molecular formula is C20H24N2O2. The highest BCUT2D eigenvalue weighted by Gasteiger charge is 2.26. The van der Waals surface area contributed by atoms with Crippen LogP contribution in [0.2, 0.25) is 0 Å². The summed E-state index contributed by atoms with van der Waals surface area (Å²) in [6.45, 7) is 3.73. The molecule has 2 aromatic rings. The lowest BCUT2D eigenvalue weighted by molar-refractivity contribution is 0.209. The molecule has 1 saturated carbocycles. The number of urea groups is 1. The molecule has 1 aliphatic carbocycles. The van der Waals surface area contributed by atoms with Crippen molar-refractivity contribution in [1.29, 1.82) is 0 Å². The molecule has 0 radical (unpaired) electrons. The lowest BCUT2D eigenvalue weighted by Gasteiger charge is -2.23. The Bertz CT molecular complexity index is 668. The highest BCUT2D eigenvalue weighted by atomic mass is 16.5. The zero-order valence-electron chi connectivity index (χ0n) is 14.1. The van der Waals surface area contributed by atoms with Crippen molar-refractivity contribution in [3.05, 3.63) is 54.6 Å². The second-order valence-corrected chi connectivity index (χ2v) is 6.23. The van der Waals surface area contributed by atoms with Gasteiger partial charge in [-0.2, -0.15) is 0 Å². The zero-order valence-corrected chi connectivity index (χ0v) is 14.1. The molecule has 1 N–H and O–H groups in total. The van der Waals surface area contributed by atoms with Crippen molar-refractivity contribution in [1.82, 2.24) is 4.90 Å². The Morgan fingerprint density at radius 3 is 2.54 bits per heavy atom. The molecule has 3 rings (SSSR count). The van der Waals surface area contributed by atoms with Crippen LogP contribution in [-0.4, -0.2) is 24.0 Å². The summed E-state index contributed by atoms with van der Waals surface area (Å²) >= 11 is 0. The molecule has 0 spiro atoms. The first-order valence-corrected chi connectivity index (χ1v) is 8.64. The van der Waals surface area contributed by atoms with Gasteiger partial charge in [0, 0.05) is 13.1 Å². The quantitative estimate of drug-likeness (QED) is 0.767. The van der Waals surface area contributed by atoms with E-state index in [0.29, 0.717) is 17.4 Å². The number of ether oxygens (including phenoxy) is 1. The third-order valence-electron chi connectivity index (χ3n) is 4.06. The van der Waals surface area contributed by atoms with Crippen LogP contribution in [0.15, 0.2) is 54.6 Å². The fraction of sp³-hybridized carbons (Fsp3) is 0.350. The minimum Gasteiger partial charge on any atom is -0.455 e. The third kappa shape index (κ3) is 4.51. The van der Waals surface area contributed by atoms with E-state index in [4.69, 9.17) is 4.74 Å². The Labute approximate surface area is 143 Å². The van der Waals surface area contributed by atoms with Crippen LogP contribution < -0.4 is 10.1 Å². The Balaban J connectivity index is 1.70. The average Bonchev–Trinajstić information content (AvgIpc) is 3.41. The molecule has 0 aromatic heterocycles. The van der Waals surface area contributed by atoms with Crippen molar-refractivity contribution in [2.24, 2.45) is 5.92 Å². The van der Waals surface area contributed by atoms with Gasteiger partial charge in [0.2, 0.25) is 0 Å². The molecule has 0 atom stereocenters. The minimum atomic E-state index is -0.0483. The van der Waals surface area contributed by atoms with Crippen LogP contribution in [-0.2, 0) is 0 Å². The number of benzene rings is 2. The van der Waals surface area contributed by atoms with Gasteiger partial charge in [0.05, 0.1) is 5.69 Å². The van der Waals surface area contributed by atoms with Gasteiger partial charge in [-0.3, -0.25) is 0 Å². The Kier molecular flexibility index (Phi) is 5.36. The number of hydrogen-bond donors (Lipinski definition) is 1. The number of anilines is 1. The molecule has 126 valence electrons. The molecule has 4 nitrogen and oxygen atoms in total. The largest absolute Gasteiger partial charge is 0.455 e.